The first kappa shape index (κ1) is 111. The van der Waals surface area contributed by atoms with Crippen molar-refractivity contribution in [3.05, 3.63) is 222 Å². The van der Waals surface area contributed by atoms with Crippen molar-refractivity contribution in [1.82, 2.24) is 46.9 Å². The molecule has 2 fully saturated rings. The highest BCUT2D eigenvalue weighted by Crippen LogP contribution is 2.37. The molecule has 7 aromatic rings. The standard InChI is InChI=1S/C38H52N6O7.C17H23NO3.C17H21NO.C16H32O2.C14H22N2O3.H2S/c1-37(2,3)31(41-35(48)50-7)33(46)40-29(22-25-14-10-9-11-15-25)30(45)24-44(43-34(47)32(38(4,5)6)42-36(49)51-8)23-26-17-19-27(20-18-26)28-16-12-13-21-39-28;1-18-13-7-8-14(18)10-15(9-13)21-17(20)16(11-19)12-5-3-2-4-6-12;1-14-8-6-7-11-16(14)19-17(12-13-18-2)15-9-4-3-5-10-15;1-2-3-4-5-6-7-8-9-10-11-12-13-14-15-16(17)18;1-10(2)16-8-12(17)9-19-13-5-3-11(4-6-13)7-14(15)18;/h9-21,29-32,45H,22-24H2,1-8H3,(H,40,46)(H,41,48)(H,42,49)(H,43,47);2-6,13-16,19H,7-11H2,1H3;3-11,17-18H,12-13H2,1-2H3;2-15H2,1H3,(H,17,18);3-6,10,12,16-17H,7-9H2,1-2H3,(H2,15,18);1H2/t29-,30-,31+,32+;;17-;;;/m0.1.../s1. The van der Waals surface area contributed by atoms with E-state index in [1.165, 1.54) is 109 Å². The van der Waals surface area contributed by atoms with E-state index in [1.807, 2.05) is 169 Å². The number of esters is 1. The summed E-state index contributed by atoms with van der Waals surface area (Å²) in [6, 6.07) is 56.3. The number of hydrogen-bond acceptors (Lipinski definition) is 20. The van der Waals surface area contributed by atoms with Crippen molar-refractivity contribution in [3.63, 3.8) is 0 Å². The molecule has 12 N–H and O–H groups in total. The van der Waals surface area contributed by atoms with Crippen LogP contribution in [0.1, 0.15) is 230 Å². The lowest BCUT2D eigenvalue weighted by molar-refractivity contribution is -0.155. The Morgan fingerprint density at radius 3 is 1.63 bits per heavy atom. The number of fused-ring (bicyclic) bond motifs is 2. The summed E-state index contributed by atoms with van der Waals surface area (Å²) in [5, 5.41) is 55.6. The van der Waals surface area contributed by atoms with Crippen LogP contribution in [-0.4, -0.2) is 193 Å². The first-order valence-corrected chi connectivity index (χ1v) is 45.7. The fraction of sp³-hybridized carbons (Fsp3) is 0.529. The Morgan fingerprint density at radius 2 is 1.13 bits per heavy atom. The average Bonchev–Trinajstić information content (AvgIpc) is 1.68. The zero-order valence-electron chi connectivity index (χ0n) is 78.9. The molecule has 1 aromatic heterocycles. The Hall–Kier alpha value is -9.97. The van der Waals surface area contributed by atoms with Crippen molar-refractivity contribution in [1.29, 1.82) is 0 Å². The summed E-state index contributed by atoms with van der Waals surface area (Å²) in [6.45, 7) is 20.7. The summed E-state index contributed by atoms with van der Waals surface area (Å²) in [4.78, 5) is 92.2. The van der Waals surface area contributed by atoms with Crippen molar-refractivity contribution in [2.24, 2.45) is 16.6 Å². The van der Waals surface area contributed by atoms with E-state index in [4.69, 9.17) is 34.5 Å². The van der Waals surface area contributed by atoms with E-state index >= 15 is 0 Å². The van der Waals surface area contributed by atoms with Gasteiger partial charge < -0.3 is 81.3 Å². The topological polar surface area (TPSA) is 364 Å². The number of hydrogen-bond donors (Lipinski definition) is 11. The van der Waals surface area contributed by atoms with Crippen LogP contribution in [0.3, 0.4) is 0 Å². The molecule has 0 radical (unpaired) electrons. The largest absolute Gasteiger partial charge is 0.491 e. The molecular weight excluding hydrogens is 1650 g/mol. The quantitative estimate of drug-likeness (QED) is 0.00730. The molecule has 712 valence electrons. The number of unbranched alkanes of at least 4 members (excludes halogenated alkanes) is 12. The van der Waals surface area contributed by atoms with E-state index in [2.05, 4.69) is 93.1 Å². The SMILES string of the molecule is CC(C)NCC(O)COc1ccc(CC(N)=O)cc1.CCCCCCCCCCCCCCCC(=O)O.CN1C2CCC1CC(OC(=O)C(CO)c1ccccc1)C2.CNCC[C@@H](Oc1ccccc1C)c1ccccc1.COC(=O)N[C@H](C(=O)N[C@@H](Cc1ccccc1)[C@@H](O)CN(Cc1ccc(-c2ccccn2)cc1)NC(=O)[C@@H](NC(=O)OC)C(C)(C)C)C(C)(C)C.S. The molecule has 2 bridgehead atoms. The van der Waals surface area contributed by atoms with Gasteiger partial charge in [0.05, 0.1) is 45.1 Å². The second kappa shape index (κ2) is 61.6. The van der Waals surface area contributed by atoms with E-state index < -0.39 is 77.1 Å². The summed E-state index contributed by atoms with van der Waals surface area (Å²) in [5.74, 6) is -1.28. The van der Waals surface area contributed by atoms with Crippen molar-refractivity contribution >= 4 is 55.3 Å². The number of aryl methyl sites for hydroxylation is 1. The molecule has 6 aromatic carbocycles. The highest BCUT2D eigenvalue weighted by Gasteiger charge is 2.42. The number of aliphatic carboxylic acids is 1. The first-order valence-electron chi connectivity index (χ1n) is 45.7. The molecule has 9 rings (SSSR count). The van der Waals surface area contributed by atoms with Crippen LogP contribution >= 0.6 is 13.5 Å². The van der Waals surface area contributed by atoms with E-state index in [1.54, 1.807) is 56.2 Å². The van der Waals surface area contributed by atoms with Crippen LogP contribution in [0.5, 0.6) is 11.5 Å². The number of nitrogens with one attached hydrogen (secondary N) is 6. The number of alkyl carbamates (subject to hydrolysis) is 2. The molecule has 0 aliphatic carbocycles. The summed E-state index contributed by atoms with van der Waals surface area (Å²) < 4.78 is 26.9. The van der Waals surface area contributed by atoms with Crippen molar-refractivity contribution in [2.75, 3.05) is 61.2 Å². The summed E-state index contributed by atoms with van der Waals surface area (Å²) >= 11 is 0. The number of rotatable bonds is 46. The molecule has 26 nitrogen and oxygen atoms in total. The maximum absolute atomic E-state index is 13.8. The Kier molecular flexibility index (Phi) is 53.2. The number of aromatic nitrogens is 1. The Bertz CT molecular complexity index is 4250. The molecule has 0 saturated carbocycles. The van der Waals surface area contributed by atoms with Gasteiger partial charge >= 0.3 is 24.1 Å². The lowest BCUT2D eigenvalue weighted by Crippen LogP contribution is -2.60. The number of primary amides is 1. The Morgan fingerprint density at radius 1 is 0.620 bits per heavy atom. The third-order valence-corrected chi connectivity index (χ3v) is 22.4. The number of amides is 5. The smallest absolute Gasteiger partial charge is 0.407 e. The highest BCUT2D eigenvalue weighted by molar-refractivity contribution is 7.59. The van der Waals surface area contributed by atoms with Crippen LogP contribution in [0.4, 0.5) is 9.59 Å². The summed E-state index contributed by atoms with van der Waals surface area (Å²) in [7, 11) is 6.57. The van der Waals surface area contributed by atoms with Gasteiger partial charge in [-0.3, -0.25) is 34.4 Å². The number of ether oxygens (including phenoxy) is 5. The minimum absolute atomic E-state index is 0. The minimum atomic E-state index is -1.22. The Balaban J connectivity index is 0.000000370. The third kappa shape index (κ3) is 44.5. The second-order valence-corrected chi connectivity index (χ2v) is 35.6. The van der Waals surface area contributed by atoms with Gasteiger partial charge in [0.1, 0.15) is 54.4 Å². The maximum atomic E-state index is 13.8. The van der Waals surface area contributed by atoms with Crippen molar-refractivity contribution in [2.45, 2.75) is 277 Å². The number of pyridine rings is 1. The van der Waals surface area contributed by atoms with Gasteiger partial charge in [-0.15, -0.1) is 0 Å². The second-order valence-electron chi connectivity index (χ2n) is 35.6. The number of piperidine rings is 1. The number of hydrazine groups is 1. The third-order valence-electron chi connectivity index (χ3n) is 22.4. The first-order chi connectivity index (χ1) is 61.2. The van der Waals surface area contributed by atoms with Gasteiger partial charge in [-0.1, -0.05) is 291 Å². The van der Waals surface area contributed by atoms with Crippen LogP contribution in [0.15, 0.2) is 188 Å². The van der Waals surface area contributed by atoms with Gasteiger partial charge in [-0.05, 0) is 141 Å². The number of para-hydroxylation sites is 1. The molecule has 0 spiro atoms. The van der Waals surface area contributed by atoms with Gasteiger partial charge in [0, 0.05) is 62.4 Å². The summed E-state index contributed by atoms with van der Waals surface area (Å²) in [5.41, 5.74) is 14.1. The van der Waals surface area contributed by atoms with Gasteiger partial charge in [0.2, 0.25) is 11.8 Å². The number of methoxy groups -OCH3 is 2. The number of benzene rings is 6. The lowest BCUT2D eigenvalue weighted by Gasteiger charge is -2.36. The fourth-order valence-corrected chi connectivity index (χ4v) is 15.0. The number of carboxylic acids is 1. The molecule has 5 amide bonds. The molecular formula is C102H152N10O16S. The van der Waals surface area contributed by atoms with Crippen LogP contribution in [0.25, 0.3) is 11.3 Å². The number of nitrogens with two attached hydrogens (primary N) is 1. The van der Waals surface area contributed by atoms with E-state index in [-0.39, 0.29) is 76.7 Å². The molecule has 27 heteroatoms. The Labute approximate surface area is 774 Å². The number of nitrogens with zero attached hydrogens (tertiary/aromatic N) is 3. The predicted octanol–water partition coefficient (Wildman–Crippen LogP) is 16.0. The van der Waals surface area contributed by atoms with Gasteiger partial charge in [0.15, 0.2) is 0 Å². The molecule has 3 heterocycles. The van der Waals surface area contributed by atoms with Crippen LogP contribution in [0.2, 0.25) is 0 Å². The molecule has 2 saturated heterocycles. The van der Waals surface area contributed by atoms with E-state index in [9.17, 15) is 48.9 Å². The monoisotopic (exact) mass is 1810 g/mol. The number of carbonyl (C=O) groups excluding carboxylic acids is 6. The molecule has 129 heavy (non-hydrogen) atoms. The normalized spacial score (nSPS) is 15.5. The number of carboxylic acid groups (broad SMARTS) is 1. The number of aliphatic hydroxyl groups is 3. The maximum Gasteiger partial charge on any atom is 0.407 e. The number of aliphatic hydroxyl groups excluding tert-OH is 3. The lowest BCUT2D eigenvalue weighted by atomic mass is 9.85. The van der Waals surface area contributed by atoms with Crippen molar-refractivity contribution < 1.29 is 77.7 Å². The predicted molar refractivity (Wildman–Crippen MR) is 516 cm³/mol. The molecule has 9 atom stereocenters. The van der Waals surface area contributed by atoms with Gasteiger partial charge in [-0.2, -0.15) is 13.5 Å². The number of carbonyl (C=O) groups is 7. The van der Waals surface area contributed by atoms with Crippen LogP contribution in [-0.2, 0) is 57.6 Å². The molecule has 2 aliphatic rings. The van der Waals surface area contributed by atoms with Crippen LogP contribution in [0, 0.1) is 17.8 Å². The van der Waals surface area contributed by atoms with Gasteiger partial charge in [-0.25, -0.2) is 14.6 Å². The van der Waals surface area contributed by atoms with E-state index in [0.717, 1.165) is 77.9 Å². The zero-order valence-corrected chi connectivity index (χ0v) is 79.9. The zero-order chi connectivity index (χ0) is 93.8. The molecule has 4 unspecified atom stereocenters. The van der Waals surface area contributed by atoms with Gasteiger partial charge in [0.25, 0.3) is 5.91 Å². The molecule has 2 aliphatic heterocycles. The van der Waals surface area contributed by atoms with E-state index in [0.29, 0.717) is 36.8 Å². The fourth-order valence-electron chi connectivity index (χ4n) is 15.0. The summed E-state index contributed by atoms with van der Waals surface area (Å²) in [6.07, 6.45) is 21.5. The highest BCUT2D eigenvalue weighted by atomic mass is 32.1. The minimum Gasteiger partial charge on any atom is -0.491 e. The van der Waals surface area contributed by atoms with Crippen LogP contribution < -0.4 is 47.2 Å². The average molecular weight is 1810 g/mol. The van der Waals surface area contributed by atoms with Crippen molar-refractivity contribution in [3.8, 4) is 22.8 Å².